The minimum absolute atomic E-state index is 0.445. The van der Waals surface area contributed by atoms with Crippen molar-refractivity contribution in [3.05, 3.63) is 35.0 Å². The highest BCUT2D eigenvalue weighted by Crippen LogP contribution is 2.22. The highest BCUT2D eigenvalue weighted by molar-refractivity contribution is 6.31. The smallest absolute Gasteiger partial charge is 0.137 e. The number of benzene rings is 1. The maximum atomic E-state index is 10.5. The molecule has 0 amide bonds. The third-order valence-electron chi connectivity index (χ3n) is 2.36. The first kappa shape index (κ1) is 10.2. The summed E-state index contributed by atoms with van der Waals surface area (Å²) in [5, 5.41) is 1.76. The molecule has 0 aliphatic heterocycles. The fourth-order valence-corrected chi connectivity index (χ4v) is 1.80. The maximum Gasteiger partial charge on any atom is 0.137 e. The molecule has 1 atom stereocenters. The molecular weight excluding hydrogens is 212 g/mol. The molecule has 0 fully saturated rings. The molecule has 0 saturated carbocycles. The van der Waals surface area contributed by atoms with Gasteiger partial charge < -0.3 is 15.5 Å². The first-order valence-corrected chi connectivity index (χ1v) is 5.05. The lowest BCUT2D eigenvalue weighted by Crippen LogP contribution is -2.23. The molecule has 1 heterocycles. The van der Waals surface area contributed by atoms with Crippen LogP contribution in [-0.2, 0) is 11.2 Å². The van der Waals surface area contributed by atoms with Crippen LogP contribution in [0.5, 0.6) is 0 Å². The predicted octanol–water partition coefficient (Wildman–Crippen LogP) is 1.89. The number of H-pyrrole nitrogens is 1. The van der Waals surface area contributed by atoms with Gasteiger partial charge in [0.15, 0.2) is 0 Å². The van der Waals surface area contributed by atoms with Crippen LogP contribution in [0.4, 0.5) is 0 Å². The Labute approximate surface area is 92.2 Å². The number of fused-ring (bicyclic) bond motifs is 1. The second-order valence-electron chi connectivity index (χ2n) is 3.51. The van der Waals surface area contributed by atoms with Crippen molar-refractivity contribution in [1.82, 2.24) is 4.98 Å². The monoisotopic (exact) mass is 222 g/mol. The first-order chi connectivity index (χ1) is 7.20. The van der Waals surface area contributed by atoms with Gasteiger partial charge in [0.25, 0.3) is 0 Å². The van der Waals surface area contributed by atoms with Crippen LogP contribution in [-0.4, -0.2) is 17.3 Å². The van der Waals surface area contributed by atoms with Crippen molar-refractivity contribution in [2.75, 3.05) is 0 Å². The maximum absolute atomic E-state index is 10.5. The van der Waals surface area contributed by atoms with Crippen LogP contribution in [0.25, 0.3) is 10.9 Å². The van der Waals surface area contributed by atoms with E-state index in [1.807, 2.05) is 24.4 Å². The average molecular weight is 223 g/mol. The van der Waals surface area contributed by atoms with Gasteiger partial charge in [0.1, 0.15) is 6.29 Å². The number of hydrogen-bond acceptors (Lipinski definition) is 2. The second kappa shape index (κ2) is 4.04. The number of halogens is 1. The lowest BCUT2D eigenvalue weighted by Gasteiger charge is -2.01. The van der Waals surface area contributed by atoms with E-state index >= 15 is 0 Å². The van der Waals surface area contributed by atoms with Crippen LogP contribution in [0.2, 0.25) is 5.02 Å². The molecule has 1 aromatic heterocycles. The SMILES string of the molecule is N[C@H](C=O)Cc1c[nH]c2cc(Cl)ccc12. The van der Waals surface area contributed by atoms with E-state index in [4.69, 9.17) is 17.3 Å². The lowest BCUT2D eigenvalue weighted by molar-refractivity contribution is -0.108. The summed E-state index contributed by atoms with van der Waals surface area (Å²) in [6.07, 6.45) is 3.17. The molecule has 3 N–H and O–H groups in total. The van der Waals surface area contributed by atoms with Gasteiger partial charge in [0.05, 0.1) is 6.04 Å². The molecule has 78 valence electrons. The molecule has 0 saturated heterocycles. The van der Waals surface area contributed by atoms with Gasteiger partial charge in [0, 0.05) is 22.1 Å². The molecule has 0 radical (unpaired) electrons. The van der Waals surface area contributed by atoms with E-state index < -0.39 is 6.04 Å². The predicted molar refractivity (Wildman–Crippen MR) is 61.1 cm³/mol. The van der Waals surface area contributed by atoms with Crippen molar-refractivity contribution in [2.24, 2.45) is 5.73 Å². The summed E-state index contributed by atoms with van der Waals surface area (Å²) in [7, 11) is 0. The molecule has 4 heteroatoms. The quantitative estimate of drug-likeness (QED) is 0.780. The molecule has 0 unspecified atom stereocenters. The van der Waals surface area contributed by atoms with E-state index in [1.54, 1.807) is 0 Å². The second-order valence-corrected chi connectivity index (χ2v) is 3.94. The lowest BCUT2D eigenvalue weighted by atomic mass is 10.1. The highest BCUT2D eigenvalue weighted by atomic mass is 35.5. The van der Waals surface area contributed by atoms with Gasteiger partial charge in [-0.2, -0.15) is 0 Å². The Balaban J connectivity index is 2.40. The zero-order chi connectivity index (χ0) is 10.8. The van der Waals surface area contributed by atoms with Gasteiger partial charge in [-0.25, -0.2) is 0 Å². The van der Waals surface area contributed by atoms with E-state index in [0.717, 1.165) is 22.8 Å². The zero-order valence-electron chi connectivity index (χ0n) is 8.03. The molecular formula is C11H11ClN2O. The third-order valence-corrected chi connectivity index (χ3v) is 2.59. The van der Waals surface area contributed by atoms with E-state index in [2.05, 4.69) is 4.98 Å². The number of nitrogens with two attached hydrogens (primary N) is 1. The van der Waals surface area contributed by atoms with Crippen molar-refractivity contribution in [1.29, 1.82) is 0 Å². The standard InChI is InChI=1S/C11H11ClN2O/c12-8-1-2-10-7(3-9(13)6-15)5-14-11(10)4-8/h1-2,4-6,9,14H,3,13H2/t9-/m0/s1. The van der Waals surface area contributed by atoms with Gasteiger partial charge in [-0.1, -0.05) is 17.7 Å². The number of carbonyl (C=O) groups excluding carboxylic acids is 1. The molecule has 3 nitrogen and oxygen atoms in total. The topological polar surface area (TPSA) is 58.9 Å². The third kappa shape index (κ3) is 2.03. The molecule has 0 aliphatic carbocycles. The molecule has 0 bridgehead atoms. The highest BCUT2D eigenvalue weighted by Gasteiger charge is 2.07. The van der Waals surface area contributed by atoms with Crippen LogP contribution in [0.1, 0.15) is 5.56 Å². The molecule has 2 aromatic rings. The fraction of sp³-hybridized carbons (Fsp3) is 0.182. The van der Waals surface area contributed by atoms with Crippen LogP contribution in [0, 0.1) is 0 Å². The molecule has 2 rings (SSSR count). The Bertz CT molecular complexity index is 492. The van der Waals surface area contributed by atoms with Gasteiger partial charge in [-0.3, -0.25) is 0 Å². The Morgan fingerprint density at radius 3 is 3.07 bits per heavy atom. The van der Waals surface area contributed by atoms with E-state index in [1.165, 1.54) is 0 Å². The summed E-state index contributed by atoms with van der Waals surface area (Å²) < 4.78 is 0. The number of hydrogen-bond donors (Lipinski definition) is 2. The van der Waals surface area contributed by atoms with E-state index in [-0.39, 0.29) is 0 Å². The fourth-order valence-electron chi connectivity index (χ4n) is 1.63. The van der Waals surface area contributed by atoms with Crippen molar-refractivity contribution >= 4 is 28.8 Å². The number of rotatable bonds is 3. The summed E-state index contributed by atoms with van der Waals surface area (Å²) in [4.78, 5) is 13.6. The van der Waals surface area contributed by atoms with E-state index in [9.17, 15) is 4.79 Å². The molecule has 15 heavy (non-hydrogen) atoms. The van der Waals surface area contributed by atoms with Crippen LogP contribution >= 0.6 is 11.6 Å². The van der Waals surface area contributed by atoms with Crippen LogP contribution in [0.3, 0.4) is 0 Å². The van der Waals surface area contributed by atoms with Crippen LogP contribution < -0.4 is 5.73 Å². The van der Waals surface area contributed by atoms with Crippen LogP contribution in [0.15, 0.2) is 24.4 Å². The van der Waals surface area contributed by atoms with Gasteiger partial charge in [-0.05, 0) is 24.1 Å². The molecule has 0 aliphatic rings. The number of aldehydes is 1. The minimum atomic E-state index is -0.445. The first-order valence-electron chi connectivity index (χ1n) is 4.67. The summed E-state index contributed by atoms with van der Waals surface area (Å²) in [6.45, 7) is 0. The van der Waals surface area contributed by atoms with Crippen molar-refractivity contribution < 1.29 is 4.79 Å². The summed E-state index contributed by atoms with van der Waals surface area (Å²) in [6, 6.07) is 5.17. The van der Waals surface area contributed by atoms with Gasteiger partial charge in [-0.15, -0.1) is 0 Å². The number of nitrogens with one attached hydrogen (secondary N) is 1. The summed E-state index contributed by atoms with van der Waals surface area (Å²) >= 11 is 5.86. The van der Waals surface area contributed by atoms with Gasteiger partial charge >= 0.3 is 0 Å². The number of carbonyl (C=O) groups is 1. The zero-order valence-corrected chi connectivity index (χ0v) is 8.79. The minimum Gasteiger partial charge on any atom is -0.361 e. The number of aromatic nitrogens is 1. The Morgan fingerprint density at radius 1 is 1.53 bits per heavy atom. The number of aromatic amines is 1. The van der Waals surface area contributed by atoms with Crippen molar-refractivity contribution in [3.8, 4) is 0 Å². The Kier molecular flexibility index (Phi) is 2.75. The molecule has 1 aromatic carbocycles. The summed E-state index contributed by atoms with van der Waals surface area (Å²) in [5.74, 6) is 0. The summed E-state index contributed by atoms with van der Waals surface area (Å²) in [5.41, 5.74) is 7.59. The Morgan fingerprint density at radius 2 is 2.33 bits per heavy atom. The normalized spacial score (nSPS) is 12.9. The Hall–Kier alpha value is -1.32. The van der Waals surface area contributed by atoms with Crippen molar-refractivity contribution in [2.45, 2.75) is 12.5 Å². The average Bonchev–Trinajstić information content (AvgIpc) is 2.60. The molecule has 0 spiro atoms. The van der Waals surface area contributed by atoms with Crippen molar-refractivity contribution in [3.63, 3.8) is 0 Å². The largest absolute Gasteiger partial charge is 0.361 e. The van der Waals surface area contributed by atoms with Gasteiger partial charge in [0.2, 0.25) is 0 Å². The van der Waals surface area contributed by atoms with E-state index in [0.29, 0.717) is 11.4 Å².